The van der Waals surface area contributed by atoms with E-state index in [4.69, 9.17) is 10.5 Å². The molecule has 0 aliphatic heterocycles. The molecule has 1 aromatic heterocycles. The molecule has 0 spiro atoms. The van der Waals surface area contributed by atoms with Gasteiger partial charge in [-0.3, -0.25) is 4.79 Å². The Morgan fingerprint density at radius 1 is 1.42 bits per heavy atom. The van der Waals surface area contributed by atoms with Crippen molar-refractivity contribution >= 4 is 11.6 Å². The van der Waals surface area contributed by atoms with Crippen molar-refractivity contribution in [2.75, 3.05) is 25.1 Å². The minimum absolute atomic E-state index is 0.00450. The summed E-state index contributed by atoms with van der Waals surface area (Å²) in [5.41, 5.74) is 6.85. The van der Waals surface area contributed by atoms with Gasteiger partial charge in [0.25, 0.3) is 0 Å². The number of carbonyl (C=O) groups is 1. The summed E-state index contributed by atoms with van der Waals surface area (Å²) >= 11 is 0. The van der Waals surface area contributed by atoms with Crippen LogP contribution < -0.4 is 11.1 Å². The Morgan fingerprint density at radius 2 is 2.26 bits per heavy atom. The highest BCUT2D eigenvalue weighted by Gasteiger charge is 2.07. The van der Waals surface area contributed by atoms with Gasteiger partial charge in [0, 0.05) is 18.9 Å². The summed E-state index contributed by atoms with van der Waals surface area (Å²) in [6.07, 6.45) is 5.18. The fourth-order valence-corrected chi connectivity index (χ4v) is 1.64. The lowest BCUT2D eigenvalue weighted by atomic mass is 10.2. The van der Waals surface area contributed by atoms with Gasteiger partial charge in [-0.25, -0.2) is 4.98 Å². The lowest BCUT2D eigenvalue weighted by Gasteiger charge is -2.11. The van der Waals surface area contributed by atoms with Crippen LogP contribution in [0.3, 0.4) is 0 Å². The molecule has 0 saturated carbocycles. The van der Waals surface area contributed by atoms with Crippen LogP contribution in [0.25, 0.3) is 5.69 Å². The number of nitrogens with one attached hydrogen (secondary N) is 1. The minimum atomic E-state index is -0.207. The third kappa shape index (κ3) is 3.64. The first-order chi connectivity index (χ1) is 9.31. The van der Waals surface area contributed by atoms with E-state index in [0.29, 0.717) is 18.8 Å². The molecule has 0 aliphatic rings. The molecule has 1 aromatic carbocycles. The molecule has 6 nitrogen and oxygen atoms in total. The molecule has 3 N–H and O–H groups in total. The number of para-hydroxylation sites is 2. The van der Waals surface area contributed by atoms with Crippen molar-refractivity contribution in [3.63, 3.8) is 0 Å². The van der Waals surface area contributed by atoms with E-state index < -0.39 is 0 Å². The van der Waals surface area contributed by atoms with Crippen LogP contribution in [-0.2, 0) is 9.53 Å². The summed E-state index contributed by atoms with van der Waals surface area (Å²) in [7, 11) is 0. The highest BCUT2D eigenvalue weighted by molar-refractivity contribution is 5.93. The first-order valence-corrected chi connectivity index (χ1v) is 5.96. The molecule has 0 atom stereocenters. The van der Waals surface area contributed by atoms with Gasteiger partial charge in [0.1, 0.15) is 6.61 Å². The van der Waals surface area contributed by atoms with Gasteiger partial charge in [-0.1, -0.05) is 12.1 Å². The zero-order valence-corrected chi connectivity index (χ0v) is 10.5. The number of anilines is 1. The molecule has 0 bridgehead atoms. The standard InChI is InChI=1S/C13H16N4O2/c14-5-8-19-9-13(18)16-11-3-1-2-4-12(11)17-7-6-15-10-17/h1-4,6-7,10H,5,8-9,14H2,(H,16,18). The number of nitrogens with two attached hydrogens (primary N) is 1. The zero-order valence-electron chi connectivity index (χ0n) is 10.5. The second-order valence-electron chi connectivity index (χ2n) is 3.88. The molecule has 100 valence electrons. The van der Waals surface area contributed by atoms with E-state index in [1.807, 2.05) is 35.0 Å². The van der Waals surface area contributed by atoms with Crippen LogP contribution in [0.15, 0.2) is 43.0 Å². The number of amides is 1. The van der Waals surface area contributed by atoms with Crippen molar-refractivity contribution in [2.45, 2.75) is 0 Å². The average Bonchev–Trinajstić information content (AvgIpc) is 2.93. The van der Waals surface area contributed by atoms with E-state index in [-0.39, 0.29) is 12.5 Å². The number of hydrogen-bond acceptors (Lipinski definition) is 4. The number of nitrogens with zero attached hydrogens (tertiary/aromatic N) is 2. The first-order valence-electron chi connectivity index (χ1n) is 5.96. The highest BCUT2D eigenvalue weighted by atomic mass is 16.5. The molecule has 0 radical (unpaired) electrons. The van der Waals surface area contributed by atoms with Crippen molar-refractivity contribution in [1.82, 2.24) is 9.55 Å². The van der Waals surface area contributed by atoms with Crippen molar-refractivity contribution < 1.29 is 9.53 Å². The normalized spacial score (nSPS) is 10.4. The van der Waals surface area contributed by atoms with Gasteiger partial charge < -0.3 is 20.4 Å². The zero-order chi connectivity index (χ0) is 13.5. The third-order valence-corrected chi connectivity index (χ3v) is 2.46. The molecular formula is C13H16N4O2. The molecule has 2 rings (SSSR count). The summed E-state index contributed by atoms with van der Waals surface area (Å²) in [5, 5.41) is 2.80. The van der Waals surface area contributed by atoms with Crippen LogP contribution in [0, 0.1) is 0 Å². The van der Waals surface area contributed by atoms with Gasteiger partial charge in [0.05, 0.1) is 24.3 Å². The molecule has 19 heavy (non-hydrogen) atoms. The maximum absolute atomic E-state index is 11.7. The quantitative estimate of drug-likeness (QED) is 0.752. The summed E-state index contributed by atoms with van der Waals surface area (Å²) < 4.78 is 6.92. The van der Waals surface area contributed by atoms with Gasteiger partial charge >= 0.3 is 0 Å². The molecular weight excluding hydrogens is 244 g/mol. The van der Waals surface area contributed by atoms with E-state index >= 15 is 0 Å². The second kappa shape index (κ2) is 6.67. The maximum atomic E-state index is 11.7. The Labute approximate surface area is 111 Å². The maximum Gasteiger partial charge on any atom is 0.250 e. The Bertz CT molecular complexity index is 525. The van der Waals surface area contributed by atoms with Gasteiger partial charge in [0.15, 0.2) is 0 Å². The van der Waals surface area contributed by atoms with Crippen molar-refractivity contribution in [3.05, 3.63) is 43.0 Å². The van der Waals surface area contributed by atoms with Crippen molar-refractivity contribution in [2.24, 2.45) is 5.73 Å². The van der Waals surface area contributed by atoms with Crippen LogP contribution in [0.2, 0.25) is 0 Å². The van der Waals surface area contributed by atoms with E-state index in [2.05, 4.69) is 10.3 Å². The fourth-order valence-electron chi connectivity index (χ4n) is 1.64. The molecule has 0 saturated heterocycles. The Hall–Kier alpha value is -2.18. The number of imidazole rings is 1. The number of ether oxygens (including phenoxy) is 1. The molecule has 6 heteroatoms. The predicted octanol–water partition coefficient (Wildman–Crippen LogP) is 0.786. The minimum Gasteiger partial charge on any atom is -0.370 e. The summed E-state index contributed by atoms with van der Waals surface area (Å²) in [4.78, 5) is 15.7. The topological polar surface area (TPSA) is 82.2 Å². The first kappa shape index (κ1) is 13.3. The lowest BCUT2D eigenvalue weighted by Crippen LogP contribution is -2.21. The number of rotatable bonds is 6. The van der Waals surface area contributed by atoms with Gasteiger partial charge in [-0.15, -0.1) is 0 Å². The van der Waals surface area contributed by atoms with Gasteiger partial charge in [-0.2, -0.15) is 0 Å². The number of aromatic nitrogens is 2. The summed E-state index contributed by atoms with van der Waals surface area (Å²) in [5.74, 6) is -0.207. The Kier molecular flexibility index (Phi) is 4.66. The molecule has 0 aliphatic carbocycles. The molecule has 1 heterocycles. The predicted molar refractivity (Wildman–Crippen MR) is 72.1 cm³/mol. The van der Waals surface area contributed by atoms with E-state index in [1.54, 1.807) is 12.5 Å². The highest BCUT2D eigenvalue weighted by Crippen LogP contribution is 2.19. The molecule has 0 fully saturated rings. The SMILES string of the molecule is NCCOCC(=O)Nc1ccccc1-n1ccnc1. The fraction of sp³-hybridized carbons (Fsp3) is 0.231. The second-order valence-corrected chi connectivity index (χ2v) is 3.88. The Morgan fingerprint density at radius 3 is 3.00 bits per heavy atom. The molecule has 1 amide bonds. The van der Waals surface area contributed by atoms with E-state index in [0.717, 1.165) is 5.69 Å². The van der Waals surface area contributed by atoms with Crippen LogP contribution in [0.5, 0.6) is 0 Å². The summed E-state index contributed by atoms with van der Waals surface area (Å²) in [6.45, 7) is 0.769. The number of carbonyl (C=O) groups excluding carboxylic acids is 1. The monoisotopic (exact) mass is 260 g/mol. The Balaban J connectivity index is 2.06. The lowest BCUT2D eigenvalue weighted by molar-refractivity contribution is -0.120. The summed E-state index contributed by atoms with van der Waals surface area (Å²) in [6, 6.07) is 7.49. The van der Waals surface area contributed by atoms with E-state index in [1.165, 1.54) is 0 Å². The number of benzene rings is 1. The largest absolute Gasteiger partial charge is 0.370 e. The molecule has 2 aromatic rings. The van der Waals surface area contributed by atoms with Crippen LogP contribution in [0.1, 0.15) is 0 Å². The van der Waals surface area contributed by atoms with Crippen LogP contribution >= 0.6 is 0 Å². The van der Waals surface area contributed by atoms with Crippen molar-refractivity contribution in [1.29, 1.82) is 0 Å². The van der Waals surface area contributed by atoms with Gasteiger partial charge in [0.2, 0.25) is 5.91 Å². The number of hydrogen-bond donors (Lipinski definition) is 2. The van der Waals surface area contributed by atoms with E-state index in [9.17, 15) is 4.79 Å². The molecule has 0 unspecified atom stereocenters. The third-order valence-electron chi connectivity index (χ3n) is 2.46. The van der Waals surface area contributed by atoms with Crippen LogP contribution in [-0.4, -0.2) is 35.2 Å². The van der Waals surface area contributed by atoms with Crippen LogP contribution in [0.4, 0.5) is 5.69 Å². The average molecular weight is 260 g/mol. The van der Waals surface area contributed by atoms with Gasteiger partial charge in [-0.05, 0) is 12.1 Å². The smallest absolute Gasteiger partial charge is 0.250 e. The van der Waals surface area contributed by atoms with Crippen molar-refractivity contribution in [3.8, 4) is 5.69 Å².